The third-order valence-electron chi connectivity index (χ3n) is 5.77. The average molecular weight is 402 g/mol. The number of halogens is 3. The van der Waals surface area contributed by atoms with Crippen LogP contribution in [0.15, 0.2) is 42.5 Å². The van der Waals surface area contributed by atoms with E-state index < -0.39 is 23.7 Å². The van der Waals surface area contributed by atoms with Crippen LogP contribution in [0.2, 0.25) is 0 Å². The first-order valence-electron chi connectivity index (χ1n) is 9.67. The molecule has 2 aromatic carbocycles. The molecule has 0 radical (unpaired) electrons. The Morgan fingerprint density at radius 1 is 1.00 bits per heavy atom. The van der Waals surface area contributed by atoms with Crippen LogP contribution in [0.4, 0.5) is 18.9 Å². The third-order valence-corrected chi connectivity index (χ3v) is 5.77. The van der Waals surface area contributed by atoms with E-state index in [9.17, 15) is 22.8 Å². The van der Waals surface area contributed by atoms with Crippen LogP contribution in [0.1, 0.15) is 40.4 Å². The standard InChI is InChI=1S/C22H21F3N2O2/c1-14-20(28)27(19-10-7-15-3-2-4-17(15)13-19)12-11-26(14)21(29)16-5-8-18(9-6-16)22(23,24)25/h5-10,13-14H,2-4,11-12H2,1H3/t14-/m1/s1. The maximum Gasteiger partial charge on any atom is 0.416 e. The van der Waals surface area contributed by atoms with Crippen LogP contribution in [0.3, 0.4) is 0 Å². The number of nitrogens with zero attached hydrogens (tertiary/aromatic N) is 2. The van der Waals surface area contributed by atoms with E-state index >= 15 is 0 Å². The van der Waals surface area contributed by atoms with Crippen molar-refractivity contribution in [3.05, 3.63) is 64.7 Å². The zero-order chi connectivity index (χ0) is 20.8. The minimum absolute atomic E-state index is 0.142. The molecule has 1 aliphatic carbocycles. The molecule has 1 fully saturated rings. The van der Waals surface area contributed by atoms with Gasteiger partial charge in [0, 0.05) is 24.3 Å². The minimum Gasteiger partial charge on any atom is -0.325 e. The van der Waals surface area contributed by atoms with Crippen molar-refractivity contribution in [1.82, 2.24) is 4.90 Å². The molecule has 0 aromatic heterocycles. The van der Waals surface area contributed by atoms with E-state index in [2.05, 4.69) is 12.1 Å². The van der Waals surface area contributed by atoms with Gasteiger partial charge < -0.3 is 9.80 Å². The summed E-state index contributed by atoms with van der Waals surface area (Å²) in [5.41, 5.74) is 2.77. The first-order chi connectivity index (χ1) is 13.8. The Morgan fingerprint density at radius 2 is 1.69 bits per heavy atom. The first-order valence-corrected chi connectivity index (χ1v) is 9.67. The summed E-state index contributed by atoms with van der Waals surface area (Å²) in [5, 5.41) is 0. The van der Waals surface area contributed by atoms with Crippen molar-refractivity contribution in [2.45, 2.75) is 38.4 Å². The predicted octanol–water partition coefficient (Wildman–Crippen LogP) is 4.07. The molecule has 1 atom stereocenters. The van der Waals surface area contributed by atoms with Gasteiger partial charge in [0.05, 0.1) is 5.56 Å². The molecule has 152 valence electrons. The maximum absolute atomic E-state index is 12.9. The zero-order valence-corrected chi connectivity index (χ0v) is 16.0. The molecular weight excluding hydrogens is 381 g/mol. The highest BCUT2D eigenvalue weighted by molar-refractivity contribution is 6.03. The van der Waals surface area contributed by atoms with Crippen molar-refractivity contribution in [3.63, 3.8) is 0 Å². The first kappa shape index (κ1) is 19.5. The number of fused-ring (bicyclic) bond motifs is 1. The largest absolute Gasteiger partial charge is 0.416 e. The van der Waals surface area contributed by atoms with Crippen molar-refractivity contribution >= 4 is 17.5 Å². The summed E-state index contributed by atoms with van der Waals surface area (Å²) < 4.78 is 38.2. The zero-order valence-electron chi connectivity index (χ0n) is 16.0. The number of carbonyl (C=O) groups excluding carboxylic acids is 2. The highest BCUT2D eigenvalue weighted by Gasteiger charge is 2.36. The lowest BCUT2D eigenvalue weighted by Gasteiger charge is -2.39. The number of rotatable bonds is 2. The van der Waals surface area contributed by atoms with Gasteiger partial charge in [-0.15, -0.1) is 0 Å². The van der Waals surface area contributed by atoms with Crippen molar-refractivity contribution in [1.29, 1.82) is 0 Å². The van der Waals surface area contributed by atoms with Crippen LogP contribution >= 0.6 is 0 Å². The molecule has 1 heterocycles. The molecule has 0 N–H and O–H groups in total. The highest BCUT2D eigenvalue weighted by atomic mass is 19.4. The fraction of sp³-hybridized carbons (Fsp3) is 0.364. The topological polar surface area (TPSA) is 40.6 Å². The van der Waals surface area contributed by atoms with Crippen LogP contribution in [0, 0.1) is 0 Å². The van der Waals surface area contributed by atoms with Crippen LogP contribution in [0.25, 0.3) is 0 Å². The van der Waals surface area contributed by atoms with Gasteiger partial charge in [-0.25, -0.2) is 0 Å². The van der Waals surface area contributed by atoms with E-state index in [0.717, 1.165) is 49.2 Å². The van der Waals surface area contributed by atoms with Crippen LogP contribution in [-0.2, 0) is 23.8 Å². The van der Waals surface area contributed by atoms with E-state index in [-0.39, 0.29) is 11.5 Å². The Morgan fingerprint density at radius 3 is 2.38 bits per heavy atom. The van der Waals surface area contributed by atoms with Gasteiger partial charge in [0.1, 0.15) is 6.04 Å². The maximum atomic E-state index is 12.9. The Hall–Kier alpha value is -2.83. The second-order valence-electron chi connectivity index (χ2n) is 7.55. The second-order valence-corrected chi connectivity index (χ2v) is 7.55. The van der Waals surface area contributed by atoms with Crippen molar-refractivity contribution < 1.29 is 22.8 Å². The molecule has 0 unspecified atom stereocenters. The summed E-state index contributed by atoms with van der Waals surface area (Å²) in [6, 6.07) is 9.48. The van der Waals surface area contributed by atoms with Gasteiger partial charge in [-0.05, 0) is 73.7 Å². The highest BCUT2D eigenvalue weighted by Crippen LogP contribution is 2.31. The fourth-order valence-corrected chi connectivity index (χ4v) is 4.10. The van der Waals surface area contributed by atoms with Crippen molar-refractivity contribution in [3.8, 4) is 0 Å². The van der Waals surface area contributed by atoms with Crippen molar-refractivity contribution in [2.24, 2.45) is 0 Å². The normalized spacial score (nSPS) is 19.4. The number of hydrogen-bond donors (Lipinski definition) is 0. The van der Waals surface area contributed by atoms with Gasteiger partial charge in [-0.3, -0.25) is 9.59 Å². The van der Waals surface area contributed by atoms with Crippen LogP contribution in [0.5, 0.6) is 0 Å². The second kappa shape index (κ2) is 7.21. The number of piperazine rings is 1. The van der Waals surface area contributed by atoms with E-state index in [1.807, 2.05) is 6.07 Å². The number of amides is 2. The van der Waals surface area contributed by atoms with Gasteiger partial charge >= 0.3 is 6.18 Å². The summed E-state index contributed by atoms with van der Waals surface area (Å²) in [6.07, 6.45) is -1.25. The Bertz CT molecular complexity index is 954. The van der Waals surface area contributed by atoms with E-state index in [1.165, 1.54) is 16.0 Å². The van der Waals surface area contributed by atoms with E-state index in [0.29, 0.717) is 13.1 Å². The number of carbonyl (C=O) groups is 2. The molecule has 2 aromatic rings. The monoisotopic (exact) mass is 402 g/mol. The number of hydrogen-bond acceptors (Lipinski definition) is 2. The quantitative estimate of drug-likeness (QED) is 0.760. The summed E-state index contributed by atoms with van der Waals surface area (Å²) in [5.74, 6) is -0.623. The lowest BCUT2D eigenvalue weighted by molar-refractivity contribution is -0.137. The number of benzene rings is 2. The predicted molar refractivity (Wildman–Crippen MR) is 103 cm³/mol. The lowest BCUT2D eigenvalue weighted by Crippen LogP contribution is -2.57. The van der Waals surface area contributed by atoms with E-state index in [4.69, 9.17) is 0 Å². The van der Waals surface area contributed by atoms with Gasteiger partial charge in [0.2, 0.25) is 5.91 Å². The third kappa shape index (κ3) is 3.61. The summed E-state index contributed by atoms with van der Waals surface area (Å²) in [6.45, 7) is 2.34. The Balaban J connectivity index is 1.50. The van der Waals surface area contributed by atoms with Crippen LogP contribution < -0.4 is 4.90 Å². The molecular formula is C22H21F3N2O2. The molecule has 0 saturated carbocycles. The molecule has 1 aliphatic heterocycles. The Labute approximate surface area is 166 Å². The fourth-order valence-electron chi connectivity index (χ4n) is 4.10. The smallest absolute Gasteiger partial charge is 0.325 e. The SMILES string of the molecule is C[C@@H]1C(=O)N(c2ccc3c(c2)CCC3)CCN1C(=O)c1ccc(C(F)(F)F)cc1. The number of aryl methyl sites for hydroxylation is 2. The molecule has 0 spiro atoms. The summed E-state index contributed by atoms with van der Waals surface area (Å²) >= 11 is 0. The molecule has 1 saturated heterocycles. The van der Waals surface area contributed by atoms with Crippen LogP contribution in [-0.4, -0.2) is 35.8 Å². The molecule has 29 heavy (non-hydrogen) atoms. The lowest BCUT2D eigenvalue weighted by atomic mass is 10.1. The van der Waals surface area contributed by atoms with E-state index in [1.54, 1.807) is 11.8 Å². The molecule has 4 rings (SSSR count). The Kier molecular flexibility index (Phi) is 4.84. The molecule has 0 bridgehead atoms. The molecule has 4 nitrogen and oxygen atoms in total. The van der Waals surface area contributed by atoms with Gasteiger partial charge in [0.15, 0.2) is 0 Å². The molecule has 2 amide bonds. The van der Waals surface area contributed by atoms with Crippen molar-refractivity contribution in [2.75, 3.05) is 18.0 Å². The average Bonchev–Trinajstić information content (AvgIpc) is 3.17. The summed E-state index contributed by atoms with van der Waals surface area (Å²) in [7, 11) is 0. The summed E-state index contributed by atoms with van der Waals surface area (Å²) in [4.78, 5) is 28.8. The molecule has 7 heteroatoms. The minimum atomic E-state index is -4.45. The number of alkyl halides is 3. The number of anilines is 1. The molecule has 2 aliphatic rings. The van der Waals surface area contributed by atoms with Gasteiger partial charge in [0.25, 0.3) is 5.91 Å². The van der Waals surface area contributed by atoms with Gasteiger partial charge in [-0.1, -0.05) is 6.07 Å². The van der Waals surface area contributed by atoms with Gasteiger partial charge in [-0.2, -0.15) is 13.2 Å².